The minimum Gasteiger partial charge on any atom is -0.310 e. The lowest BCUT2D eigenvalue weighted by atomic mass is 10.2. The molecule has 96 valence electrons. The van der Waals surface area contributed by atoms with E-state index in [2.05, 4.69) is 10.3 Å². The smallest absolute Gasteiger partial charge is 0.148 e. The highest BCUT2D eigenvalue weighted by molar-refractivity contribution is 7.90. The van der Waals surface area contributed by atoms with E-state index in [-0.39, 0.29) is 5.75 Å². The van der Waals surface area contributed by atoms with Gasteiger partial charge < -0.3 is 5.32 Å². The molecule has 0 unspecified atom stereocenters. The summed E-state index contributed by atoms with van der Waals surface area (Å²) in [6, 6.07) is 11.9. The van der Waals surface area contributed by atoms with Crippen LogP contribution in [0.2, 0.25) is 0 Å². The van der Waals surface area contributed by atoms with Crippen LogP contribution in [0.1, 0.15) is 5.69 Å². The SMILES string of the molecule is CS(=O)(=O)CCNCc1ccc2ccccc2n1. The number of fused-ring (bicyclic) bond motifs is 1. The number of pyridine rings is 1. The number of benzene rings is 1. The lowest BCUT2D eigenvalue weighted by Crippen LogP contribution is -2.22. The fraction of sp³-hybridized carbons (Fsp3) is 0.308. The summed E-state index contributed by atoms with van der Waals surface area (Å²) in [5, 5.41) is 4.19. The van der Waals surface area contributed by atoms with E-state index < -0.39 is 9.84 Å². The topological polar surface area (TPSA) is 59.1 Å². The standard InChI is InChI=1S/C13H16N2O2S/c1-18(16,17)9-8-14-10-12-7-6-11-4-2-3-5-13(11)15-12/h2-7,14H,8-10H2,1H3. The Labute approximate surface area is 107 Å². The number of rotatable bonds is 5. The van der Waals surface area contributed by atoms with Gasteiger partial charge in [-0.1, -0.05) is 24.3 Å². The zero-order chi connectivity index (χ0) is 13.0. The van der Waals surface area contributed by atoms with Crippen molar-refractivity contribution in [3.05, 3.63) is 42.1 Å². The number of nitrogens with zero attached hydrogens (tertiary/aromatic N) is 1. The van der Waals surface area contributed by atoms with Crippen molar-refractivity contribution < 1.29 is 8.42 Å². The molecule has 0 saturated carbocycles. The molecule has 0 aliphatic carbocycles. The molecule has 5 heteroatoms. The molecule has 18 heavy (non-hydrogen) atoms. The second kappa shape index (κ2) is 5.46. The van der Waals surface area contributed by atoms with Crippen LogP contribution in [-0.2, 0) is 16.4 Å². The number of hydrogen-bond donors (Lipinski definition) is 1. The van der Waals surface area contributed by atoms with Crippen LogP contribution < -0.4 is 5.32 Å². The number of nitrogens with one attached hydrogen (secondary N) is 1. The summed E-state index contributed by atoms with van der Waals surface area (Å²) in [5.41, 5.74) is 1.88. The van der Waals surface area contributed by atoms with Crippen LogP contribution in [-0.4, -0.2) is 32.0 Å². The molecule has 1 aromatic heterocycles. The third kappa shape index (κ3) is 3.78. The summed E-state index contributed by atoms with van der Waals surface area (Å²) in [6.07, 6.45) is 1.24. The number of aromatic nitrogens is 1. The van der Waals surface area contributed by atoms with Gasteiger partial charge in [0.15, 0.2) is 0 Å². The van der Waals surface area contributed by atoms with E-state index in [0.29, 0.717) is 13.1 Å². The Kier molecular flexibility index (Phi) is 3.93. The molecule has 0 amide bonds. The van der Waals surface area contributed by atoms with Crippen LogP contribution in [0.3, 0.4) is 0 Å². The van der Waals surface area contributed by atoms with Gasteiger partial charge in [-0.2, -0.15) is 0 Å². The molecule has 0 aliphatic heterocycles. The highest BCUT2D eigenvalue weighted by Crippen LogP contribution is 2.11. The van der Waals surface area contributed by atoms with E-state index in [9.17, 15) is 8.42 Å². The molecule has 1 heterocycles. The van der Waals surface area contributed by atoms with Crippen LogP contribution >= 0.6 is 0 Å². The minimum atomic E-state index is -2.90. The molecule has 2 rings (SSSR count). The average Bonchev–Trinajstić information content (AvgIpc) is 2.33. The van der Waals surface area contributed by atoms with Crippen molar-refractivity contribution in [2.75, 3.05) is 18.6 Å². The average molecular weight is 264 g/mol. The molecule has 0 fully saturated rings. The van der Waals surface area contributed by atoms with Crippen LogP contribution in [0, 0.1) is 0 Å². The van der Waals surface area contributed by atoms with Gasteiger partial charge in [-0.15, -0.1) is 0 Å². The lowest BCUT2D eigenvalue weighted by molar-refractivity contribution is 0.596. The Morgan fingerprint density at radius 3 is 2.72 bits per heavy atom. The lowest BCUT2D eigenvalue weighted by Gasteiger charge is -2.04. The van der Waals surface area contributed by atoms with Gasteiger partial charge in [0.2, 0.25) is 0 Å². The van der Waals surface area contributed by atoms with Crippen molar-refractivity contribution in [1.82, 2.24) is 10.3 Å². The van der Waals surface area contributed by atoms with Gasteiger partial charge in [-0.25, -0.2) is 8.42 Å². The normalized spacial score (nSPS) is 11.8. The van der Waals surface area contributed by atoms with E-state index >= 15 is 0 Å². The quantitative estimate of drug-likeness (QED) is 0.829. The Bertz CT molecular complexity index is 638. The Hall–Kier alpha value is -1.46. The van der Waals surface area contributed by atoms with Crippen LogP contribution in [0.25, 0.3) is 10.9 Å². The zero-order valence-corrected chi connectivity index (χ0v) is 11.1. The summed E-state index contributed by atoms with van der Waals surface area (Å²) in [5.74, 6) is 0.153. The van der Waals surface area contributed by atoms with Crippen molar-refractivity contribution in [3.63, 3.8) is 0 Å². The van der Waals surface area contributed by atoms with E-state index in [1.807, 2.05) is 36.4 Å². The summed E-state index contributed by atoms with van der Waals surface area (Å²) >= 11 is 0. The van der Waals surface area contributed by atoms with E-state index in [4.69, 9.17) is 0 Å². The summed E-state index contributed by atoms with van der Waals surface area (Å²) in [7, 11) is -2.90. The van der Waals surface area contributed by atoms with Crippen LogP contribution in [0.15, 0.2) is 36.4 Å². The van der Waals surface area contributed by atoms with Crippen molar-refractivity contribution in [2.45, 2.75) is 6.54 Å². The number of sulfone groups is 1. The molecule has 0 saturated heterocycles. The summed E-state index contributed by atoms with van der Waals surface area (Å²) in [6.45, 7) is 1.04. The van der Waals surface area contributed by atoms with E-state index in [0.717, 1.165) is 16.6 Å². The molecular formula is C13H16N2O2S. The monoisotopic (exact) mass is 264 g/mol. The van der Waals surface area contributed by atoms with Gasteiger partial charge >= 0.3 is 0 Å². The highest BCUT2D eigenvalue weighted by Gasteiger charge is 2.01. The van der Waals surface area contributed by atoms with Gasteiger partial charge in [0.05, 0.1) is 17.0 Å². The second-order valence-electron chi connectivity index (χ2n) is 4.30. The van der Waals surface area contributed by atoms with Crippen molar-refractivity contribution in [1.29, 1.82) is 0 Å². The Morgan fingerprint density at radius 1 is 1.17 bits per heavy atom. The molecule has 1 aromatic carbocycles. The maximum atomic E-state index is 11.0. The first kappa shape index (κ1) is 13.0. The molecular weight excluding hydrogens is 248 g/mol. The maximum Gasteiger partial charge on any atom is 0.148 e. The van der Waals surface area contributed by atoms with Crippen LogP contribution in [0.4, 0.5) is 0 Å². The maximum absolute atomic E-state index is 11.0. The molecule has 0 spiro atoms. The first-order valence-corrected chi connectivity index (χ1v) is 7.84. The van der Waals surface area contributed by atoms with Crippen molar-refractivity contribution in [3.8, 4) is 0 Å². The molecule has 0 aliphatic rings. The molecule has 0 radical (unpaired) electrons. The predicted octanol–water partition coefficient (Wildman–Crippen LogP) is 1.37. The number of hydrogen-bond acceptors (Lipinski definition) is 4. The minimum absolute atomic E-state index is 0.153. The van der Waals surface area contributed by atoms with Crippen molar-refractivity contribution in [2.24, 2.45) is 0 Å². The largest absolute Gasteiger partial charge is 0.310 e. The van der Waals surface area contributed by atoms with Gasteiger partial charge in [-0.3, -0.25) is 4.98 Å². The third-order valence-corrected chi connectivity index (χ3v) is 3.56. The summed E-state index contributed by atoms with van der Waals surface area (Å²) < 4.78 is 21.9. The fourth-order valence-corrected chi connectivity index (χ4v) is 2.20. The first-order valence-electron chi connectivity index (χ1n) is 5.78. The number of para-hydroxylation sites is 1. The molecule has 2 aromatic rings. The molecule has 0 atom stereocenters. The Morgan fingerprint density at radius 2 is 1.94 bits per heavy atom. The molecule has 1 N–H and O–H groups in total. The van der Waals surface area contributed by atoms with Gasteiger partial charge in [0.1, 0.15) is 9.84 Å². The van der Waals surface area contributed by atoms with E-state index in [1.54, 1.807) is 0 Å². The van der Waals surface area contributed by atoms with Crippen LogP contribution in [0.5, 0.6) is 0 Å². The predicted molar refractivity (Wildman–Crippen MR) is 73.2 cm³/mol. The molecule has 4 nitrogen and oxygen atoms in total. The first-order chi connectivity index (χ1) is 8.54. The molecule has 0 bridgehead atoms. The van der Waals surface area contributed by atoms with Gasteiger partial charge in [-0.05, 0) is 12.1 Å². The van der Waals surface area contributed by atoms with Crippen molar-refractivity contribution >= 4 is 20.7 Å². The zero-order valence-electron chi connectivity index (χ0n) is 10.3. The Balaban J connectivity index is 1.96. The fourth-order valence-electron chi connectivity index (χ4n) is 1.68. The highest BCUT2D eigenvalue weighted by atomic mass is 32.2. The second-order valence-corrected chi connectivity index (χ2v) is 6.56. The third-order valence-electron chi connectivity index (χ3n) is 2.61. The summed E-state index contributed by atoms with van der Waals surface area (Å²) in [4.78, 5) is 4.50. The van der Waals surface area contributed by atoms with Gasteiger partial charge in [0, 0.05) is 24.7 Å². The van der Waals surface area contributed by atoms with E-state index in [1.165, 1.54) is 6.26 Å². The van der Waals surface area contributed by atoms with Gasteiger partial charge in [0.25, 0.3) is 0 Å².